The van der Waals surface area contributed by atoms with E-state index in [1.54, 1.807) is 23.1 Å². The summed E-state index contributed by atoms with van der Waals surface area (Å²) in [7, 11) is 0. The first kappa shape index (κ1) is 17.2. The number of alkyl halides is 2. The first-order chi connectivity index (χ1) is 12.1. The Morgan fingerprint density at radius 3 is 2.64 bits per heavy atom. The minimum absolute atomic E-state index is 0.0498. The average Bonchev–Trinajstić information content (AvgIpc) is 3.11. The molecule has 0 spiro atoms. The second kappa shape index (κ2) is 7.96. The zero-order chi connectivity index (χ0) is 17.6. The van der Waals surface area contributed by atoms with Crippen LogP contribution in [0, 0.1) is 0 Å². The third-order valence-corrected chi connectivity index (χ3v) is 4.32. The molecule has 0 aliphatic carbocycles. The molecule has 2 amide bonds. The number of nitrogens with one attached hydrogen (secondary N) is 1. The number of halogens is 2. The second-order valence-electron chi connectivity index (χ2n) is 5.91. The van der Waals surface area contributed by atoms with Gasteiger partial charge in [0.2, 0.25) is 0 Å². The lowest BCUT2D eigenvalue weighted by molar-refractivity contribution is -0.0504. The zero-order valence-corrected chi connectivity index (χ0v) is 13.7. The number of likely N-dealkylation sites (tertiary alicyclic amines) is 1. The van der Waals surface area contributed by atoms with Gasteiger partial charge in [-0.25, -0.2) is 4.79 Å². The van der Waals surface area contributed by atoms with Crippen molar-refractivity contribution >= 4 is 6.03 Å². The van der Waals surface area contributed by atoms with E-state index in [1.165, 1.54) is 6.07 Å². The van der Waals surface area contributed by atoms with Crippen molar-refractivity contribution in [2.24, 2.45) is 0 Å². The van der Waals surface area contributed by atoms with Crippen LogP contribution >= 0.6 is 0 Å². The summed E-state index contributed by atoms with van der Waals surface area (Å²) in [5, 5.41) is 2.82. The number of para-hydroxylation sites is 1. The minimum Gasteiger partial charge on any atom is -0.434 e. The van der Waals surface area contributed by atoms with E-state index < -0.39 is 6.61 Å². The molecule has 1 fully saturated rings. The van der Waals surface area contributed by atoms with Crippen molar-refractivity contribution in [3.8, 4) is 5.75 Å². The van der Waals surface area contributed by atoms with Crippen LogP contribution in [-0.4, -0.2) is 24.1 Å². The Morgan fingerprint density at radius 2 is 1.88 bits per heavy atom. The fourth-order valence-electron chi connectivity index (χ4n) is 3.16. The molecule has 1 aliphatic rings. The maximum atomic E-state index is 12.6. The molecule has 0 aromatic heterocycles. The molecule has 1 atom stereocenters. The molecule has 0 radical (unpaired) electrons. The van der Waals surface area contributed by atoms with Gasteiger partial charge >= 0.3 is 12.6 Å². The van der Waals surface area contributed by atoms with E-state index in [2.05, 4.69) is 10.1 Å². The third kappa shape index (κ3) is 4.26. The molecule has 1 heterocycles. The highest BCUT2D eigenvalue weighted by Crippen LogP contribution is 2.31. The Hall–Kier alpha value is -2.63. The Morgan fingerprint density at radius 1 is 1.16 bits per heavy atom. The van der Waals surface area contributed by atoms with Gasteiger partial charge in [-0.2, -0.15) is 8.78 Å². The predicted molar refractivity (Wildman–Crippen MR) is 90.4 cm³/mol. The van der Waals surface area contributed by atoms with Gasteiger partial charge < -0.3 is 15.0 Å². The van der Waals surface area contributed by atoms with Crippen molar-refractivity contribution in [1.29, 1.82) is 0 Å². The minimum atomic E-state index is -2.89. The molecule has 3 rings (SSSR count). The predicted octanol–water partition coefficient (Wildman–Crippen LogP) is 4.33. The number of ether oxygens (including phenoxy) is 1. The molecule has 1 saturated heterocycles. The molecule has 25 heavy (non-hydrogen) atoms. The Balaban J connectivity index is 1.65. The summed E-state index contributed by atoms with van der Waals surface area (Å²) in [6.45, 7) is -2.07. The van der Waals surface area contributed by atoms with Crippen molar-refractivity contribution in [3.05, 3.63) is 65.7 Å². The number of carbonyl (C=O) groups is 1. The summed E-state index contributed by atoms with van der Waals surface area (Å²) in [4.78, 5) is 14.4. The number of hydrogen-bond acceptors (Lipinski definition) is 2. The molecule has 6 heteroatoms. The van der Waals surface area contributed by atoms with Crippen LogP contribution in [0.25, 0.3) is 0 Å². The van der Waals surface area contributed by atoms with Gasteiger partial charge in [-0.05, 0) is 24.5 Å². The monoisotopic (exact) mass is 346 g/mol. The van der Waals surface area contributed by atoms with Gasteiger partial charge in [0.05, 0.1) is 6.04 Å². The van der Waals surface area contributed by atoms with E-state index in [-0.39, 0.29) is 24.4 Å². The first-order valence-corrected chi connectivity index (χ1v) is 8.27. The van der Waals surface area contributed by atoms with Gasteiger partial charge in [0.15, 0.2) is 0 Å². The van der Waals surface area contributed by atoms with E-state index in [0.29, 0.717) is 12.1 Å². The van der Waals surface area contributed by atoms with Gasteiger partial charge in [-0.1, -0.05) is 48.5 Å². The number of urea groups is 1. The number of carbonyl (C=O) groups excluding carboxylic acids is 1. The highest BCUT2D eigenvalue weighted by Gasteiger charge is 2.29. The van der Waals surface area contributed by atoms with Crippen molar-refractivity contribution in [2.75, 3.05) is 6.54 Å². The van der Waals surface area contributed by atoms with Crippen LogP contribution in [0.5, 0.6) is 5.75 Å². The van der Waals surface area contributed by atoms with Crippen LogP contribution in [0.15, 0.2) is 54.6 Å². The highest BCUT2D eigenvalue weighted by atomic mass is 19.3. The molecule has 2 aromatic carbocycles. The fraction of sp³-hybridized carbons (Fsp3) is 0.316. The molecule has 0 bridgehead atoms. The molecular formula is C19H20F2N2O2. The summed E-state index contributed by atoms with van der Waals surface area (Å²) in [5.41, 5.74) is 1.63. The van der Waals surface area contributed by atoms with E-state index >= 15 is 0 Å². The van der Waals surface area contributed by atoms with Gasteiger partial charge in [-0.3, -0.25) is 0 Å². The molecule has 1 N–H and O–H groups in total. The van der Waals surface area contributed by atoms with E-state index in [4.69, 9.17) is 0 Å². The second-order valence-corrected chi connectivity index (χ2v) is 5.91. The largest absolute Gasteiger partial charge is 0.434 e. The van der Waals surface area contributed by atoms with Crippen LogP contribution in [0.1, 0.15) is 30.0 Å². The molecule has 0 saturated carbocycles. The molecule has 2 aromatic rings. The molecule has 1 aliphatic heterocycles. The summed E-state index contributed by atoms with van der Waals surface area (Å²) < 4.78 is 29.4. The number of benzene rings is 2. The maximum absolute atomic E-state index is 12.6. The van der Waals surface area contributed by atoms with Crippen LogP contribution in [-0.2, 0) is 6.54 Å². The van der Waals surface area contributed by atoms with Crippen molar-refractivity contribution in [3.63, 3.8) is 0 Å². The molecular weight excluding hydrogens is 326 g/mol. The topological polar surface area (TPSA) is 41.6 Å². The van der Waals surface area contributed by atoms with E-state index in [9.17, 15) is 13.6 Å². The summed E-state index contributed by atoms with van der Waals surface area (Å²) >= 11 is 0. The van der Waals surface area contributed by atoms with E-state index in [0.717, 1.165) is 18.4 Å². The van der Waals surface area contributed by atoms with Gasteiger partial charge in [0.1, 0.15) is 5.75 Å². The lowest BCUT2D eigenvalue weighted by Gasteiger charge is -2.25. The van der Waals surface area contributed by atoms with Crippen LogP contribution < -0.4 is 10.1 Å². The summed E-state index contributed by atoms with van der Waals surface area (Å²) in [6.07, 6.45) is 1.86. The van der Waals surface area contributed by atoms with Crippen LogP contribution in [0.4, 0.5) is 13.6 Å². The molecule has 1 unspecified atom stereocenters. The van der Waals surface area contributed by atoms with Crippen LogP contribution in [0.3, 0.4) is 0 Å². The smallest absolute Gasteiger partial charge is 0.387 e. The standard InChI is InChI=1S/C19H20F2N2O2/c20-18(21)25-17-11-5-4-9-15(17)13-22-19(24)23-12-6-10-16(23)14-7-2-1-3-8-14/h1-5,7-9,11,16,18H,6,10,12-13H2,(H,22,24). The van der Waals surface area contributed by atoms with Gasteiger partial charge in [0, 0.05) is 18.7 Å². The van der Waals surface area contributed by atoms with E-state index in [1.807, 2.05) is 30.3 Å². The number of amides is 2. The Bertz CT molecular complexity index is 710. The summed E-state index contributed by atoms with van der Waals surface area (Å²) in [5.74, 6) is 0.0823. The summed E-state index contributed by atoms with van der Waals surface area (Å²) in [6, 6.07) is 16.2. The Labute approximate surface area is 145 Å². The van der Waals surface area contributed by atoms with Crippen LogP contribution in [0.2, 0.25) is 0 Å². The van der Waals surface area contributed by atoms with Gasteiger partial charge in [-0.15, -0.1) is 0 Å². The highest BCUT2D eigenvalue weighted by molar-refractivity contribution is 5.75. The van der Waals surface area contributed by atoms with Crippen molar-refractivity contribution < 1.29 is 18.3 Å². The normalized spacial score (nSPS) is 16.9. The zero-order valence-electron chi connectivity index (χ0n) is 13.7. The number of rotatable bonds is 5. The maximum Gasteiger partial charge on any atom is 0.387 e. The Kier molecular flexibility index (Phi) is 5.48. The SMILES string of the molecule is O=C(NCc1ccccc1OC(F)F)N1CCCC1c1ccccc1. The molecule has 4 nitrogen and oxygen atoms in total. The number of nitrogens with zero attached hydrogens (tertiary/aromatic N) is 1. The third-order valence-electron chi connectivity index (χ3n) is 4.32. The van der Waals surface area contributed by atoms with Gasteiger partial charge in [0.25, 0.3) is 0 Å². The quantitative estimate of drug-likeness (QED) is 0.875. The average molecular weight is 346 g/mol. The molecule has 132 valence electrons. The first-order valence-electron chi connectivity index (χ1n) is 8.27. The lowest BCUT2D eigenvalue weighted by atomic mass is 10.1. The van der Waals surface area contributed by atoms with Crippen molar-refractivity contribution in [1.82, 2.24) is 10.2 Å². The number of hydrogen-bond donors (Lipinski definition) is 1. The van der Waals surface area contributed by atoms with Crippen molar-refractivity contribution in [2.45, 2.75) is 32.0 Å². The fourth-order valence-corrected chi connectivity index (χ4v) is 3.16. The lowest BCUT2D eigenvalue weighted by Crippen LogP contribution is -2.39.